The van der Waals surface area contributed by atoms with Gasteiger partial charge in [0.15, 0.2) is 11.6 Å². The van der Waals surface area contributed by atoms with Crippen molar-refractivity contribution in [2.24, 2.45) is 0 Å². The van der Waals surface area contributed by atoms with Crippen molar-refractivity contribution in [3.63, 3.8) is 0 Å². The highest BCUT2D eigenvalue weighted by molar-refractivity contribution is 5.91. The second-order valence-electron chi connectivity index (χ2n) is 2.56. The van der Waals surface area contributed by atoms with Crippen molar-refractivity contribution >= 4 is 29.0 Å². The lowest BCUT2D eigenvalue weighted by Gasteiger charge is -1.93. The normalized spacial score (nSPS) is 10.0. The van der Waals surface area contributed by atoms with Crippen LogP contribution in [0.3, 0.4) is 0 Å². The number of hydrogen-bond acceptors (Lipinski definition) is 1. The fourth-order valence-electron chi connectivity index (χ4n) is 1.14. The second-order valence-corrected chi connectivity index (χ2v) is 2.56. The van der Waals surface area contributed by atoms with E-state index >= 15 is 0 Å². The quantitative estimate of drug-likeness (QED) is 0.680. The number of nitrogens with two attached hydrogens (primary N) is 1. The molecule has 0 saturated heterocycles. The summed E-state index contributed by atoms with van der Waals surface area (Å²) in [6, 6.07) is 2.16. The molecule has 0 aliphatic rings. The Balaban J connectivity index is 0.000000845. The Kier molecular flexibility index (Phi) is 2.43. The molecule has 3 N–H and O–H groups in total. The van der Waals surface area contributed by atoms with Crippen LogP contribution in [0.4, 0.5) is 14.5 Å². The summed E-state index contributed by atoms with van der Waals surface area (Å²) in [6.07, 6.45) is 1.50. The monoisotopic (exact) mass is 204 g/mol. The van der Waals surface area contributed by atoms with Gasteiger partial charge >= 0.3 is 0 Å². The Morgan fingerprint density at radius 3 is 2.46 bits per heavy atom. The molecule has 2 rings (SSSR count). The molecule has 0 amide bonds. The second kappa shape index (κ2) is 3.22. The Labute approximate surface area is 79.1 Å². The highest BCUT2D eigenvalue weighted by atomic mass is 35.5. The minimum atomic E-state index is -0.881. The largest absolute Gasteiger partial charge is 0.397 e. The van der Waals surface area contributed by atoms with Crippen LogP contribution < -0.4 is 5.73 Å². The maximum absolute atomic E-state index is 12.7. The molecule has 0 unspecified atom stereocenters. The first-order chi connectivity index (χ1) is 5.68. The smallest absolute Gasteiger partial charge is 0.160 e. The van der Waals surface area contributed by atoms with Crippen LogP contribution in [-0.2, 0) is 0 Å². The van der Waals surface area contributed by atoms with Gasteiger partial charge in [-0.2, -0.15) is 0 Å². The van der Waals surface area contributed by atoms with Gasteiger partial charge in [0.05, 0.1) is 11.2 Å². The molecule has 1 aromatic heterocycles. The van der Waals surface area contributed by atoms with Crippen molar-refractivity contribution in [2.75, 3.05) is 5.73 Å². The van der Waals surface area contributed by atoms with E-state index in [1.807, 2.05) is 0 Å². The highest BCUT2D eigenvalue weighted by Gasteiger charge is 2.06. The molecule has 0 aliphatic heterocycles. The maximum Gasteiger partial charge on any atom is 0.160 e. The minimum absolute atomic E-state index is 0. The van der Waals surface area contributed by atoms with Gasteiger partial charge in [-0.25, -0.2) is 8.78 Å². The Morgan fingerprint density at radius 2 is 1.77 bits per heavy atom. The van der Waals surface area contributed by atoms with Crippen molar-refractivity contribution in [1.82, 2.24) is 4.98 Å². The first-order valence-corrected chi connectivity index (χ1v) is 3.40. The minimum Gasteiger partial charge on any atom is -0.397 e. The molecule has 2 nitrogen and oxygen atoms in total. The van der Waals surface area contributed by atoms with Gasteiger partial charge in [0, 0.05) is 17.6 Å². The Bertz CT molecular complexity index is 439. The van der Waals surface area contributed by atoms with E-state index in [0.29, 0.717) is 16.6 Å². The number of nitrogens with one attached hydrogen (secondary N) is 1. The van der Waals surface area contributed by atoms with Gasteiger partial charge in [-0.15, -0.1) is 12.4 Å². The van der Waals surface area contributed by atoms with Gasteiger partial charge in [0.2, 0.25) is 0 Å². The number of aromatic amines is 1. The molecule has 13 heavy (non-hydrogen) atoms. The summed E-state index contributed by atoms with van der Waals surface area (Å²) in [5, 5.41) is 0.508. The molecule has 2 aromatic rings. The summed E-state index contributed by atoms with van der Waals surface area (Å²) >= 11 is 0. The number of rotatable bonds is 0. The molecule has 0 spiro atoms. The van der Waals surface area contributed by atoms with Gasteiger partial charge in [-0.3, -0.25) is 0 Å². The zero-order valence-electron chi connectivity index (χ0n) is 6.47. The standard InChI is InChI=1S/C8H6F2N2.ClH/c9-5-1-4-7(11)3-12-8(4)2-6(5)10;/h1-3,12H,11H2;1H. The molecule has 70 valence electrons. The molecule has 0 bridgehead atoms. The molecule has 1 aromatic carbocycles. The molecule has 1 heterocycles. The maximum atomic E-state index is 12.7. The van der Waals surface area contributed by atoms with Gasteiger partial charge in [-0.1, -0.05) is 0 Å². The molecular weight excluding hydrogens is 198 g/mol. The SMILES string of the molecule is Cl.Nc1c[nH]c2cc(F)c(F)cc12. The first-order valence-electron chi connectivity index (χ1n) is 3.40. The molecule has 0 fully saturated rings. The van der Waals surface area contributed by atoms with E-state index in [1.165, 1.54) is 6.20 Å². The zero-order chi connectivity index (χ0) is 8.72. The molecule has 0 radical (unpaired) electrons. The summed E-state index contributed by atoms with van der Waals surface area (Å²) in [4.78, 5) is 2.72. The number of anilines is 1. The lowest BCUT2D eigenvalue weighted by atomic mass is 10.2. The summed E-state index contributed by atoms with van der Waals surface area (Å²) in [6.45, 7) is 0. The van der Waals surface area contributed by atoms with E-state index in [2.05, 4.69) is 4.98 Å². The average Bonchev–Trinajstić information content (AvgIpc) is 2.35. The van der Waals surface area contributed by atoms with Crippen molar-refractivity contribution in [2.45, 2.75) is 0 Å². The van der Waals surface area contributed by atoms with Crippen molar-refractivity contribution in [3.8, 4) is 0 Å². The van der Waals surface area contributed by atoms with Crippen LogP contribution in [0.2, 0.25) is 0 Å². The number of nitrogen functional groups attached to an aromatic ring is 1. The summed E-state index contributed by atoms with van der Waals surface area (Å²) in [5.41, 5.74) is 6.40. The number of benzene rings is 1. The van der Waals surface area contributed by atoms with E-state index in [4.69, 9.17) is 5.73 Å². The van der Waals surface area contributed by atoms with Gasteiger partial charge < -0.3 is 10.7 Å². The van der Waals surface area contributed by atoms with Crippen LogP contribution in [0.5, 0.6) is 0 Å². The van der Waals surface area contributed by atoms with Crippen molar-refractivity contribution < 1.29 is 8.78 Å². The zero-order valence-corrected chi connectivity index (χ0v) is 7.29. The number of aromatic nitrogens is 1. The number of H-pyrrole nitrogens is 1. The molecular formula is C8H7ClF2N2. The third-order valence-electron chi connectivity index (χ3n) is 1.75. The van der Waals surface area contributed by atoms with E-state index < -0.39 is 11.6 Å². The lowest BCUT2D eigenvalue weighted by molar-refractivity contribution is 0.511. The third-order valence-corrected chi connectivity index (χ3v) is 1.75. The lowest BCUT2D eigenvalue weighted by Crippen LogP contribution is -1.85. The summed E-state index contributed by atoms with van der Waals surface area (Å²) < 4.78 is 25.3. The predicted molar refractivity (Wildman–Crippen MR) is 49.9 cm³/mol. The summed E-state index contributed by atoms with van der Waals surface area (Å²) in [7, 11) is 0. The molecule has 5 heteroatoms. The van der Waals surface area contributed by atoms with E-state index in [9.17, 15) is 8.78 Å². The fraction of sp³-hybridized carbons (Fsp3) is 0. The predicted octanol–water partition coefficient (Wildman–Crippen LogP) is 2.45. The third kappa shape index (κ3) is 1.45. The Hall–Kier alpha value is -1.29. The number of halogens is 3. The van der Waals surface area contributed by atoms with E-state index in [-0.39, 0.29) is 12.4 Å². The van der Waals surface area contributed by atoms with Gasteiger partial charge in [-0.05, 0) is 6.07 Å². The van der Waals surface area contributed by atoms with Crippen LogP contribution in [0.25, 0.3) is 10.9 Å². The van der Waals surface area contributed by atoms with Crippen molar-refractivity contribution in [1.29, 1.82) is 0 Å². The van der Waals surface area contributed by atoms with E-state index in [1.54, 1.807) is 0 Å². The van der Waals surface area contributed by atoms with Crippen LogP contribution in [0.1, 0.15) is 0 Å². The fourth-order valence-corrected chi connectivity index (χ4v) is 1.14. The Morgan fingerprint density at radius 1 is 1.15 bits per heavy atom. The van der Waals surface area contributed by atoms with Gasteiger partial charge in [0.25, 0.3) is 0 Å². The first kappa shape index (κ1) is 9.80. The van der Waals surface area contributed by atoms with Gasteiger partial charge in [0.1, 0.15) is 0 Å². The van der Waals surface area contributed by atoms with Crippen molar-refractivity contribution in [3.05, 3.63) is 30.0 Å². The number of hydrogen-bond donors (Lipinski definition) is 2. The average molecular weight is 205 g/mol. The molecule has 0 saturated carbocycles. The van der Waals surface area contributed by atoms with Crippen LogP contribution in [0, 0.1) is 11.6 Å². The van der Waals surface area contributed by atoms with E-state index in [0.717, 1.165) is 12.1 Å². The molecule has 0 aliphatic carbocycles. The molecule has 0 atom stereocenters. The van der Waals surface area contributed by atoms with Crippen LogP contribution in [-0.4, -0.2) is 4.98 Å². The summed E-state index contributed by atoms with van der Waals surface area (Å²) in [5.74, 6) is -1.75. The highest BCUT2D eigenvalue weighted by Crippen LogP contribution is 2.22. The number of fused-ring (bicyclic) bond motifs is 1. The van der Waals surface area contributed by atoms with Crippen LogP contribution >= 0.6 is 12.4 Å². The van der Waals surface area contributed by atoms with Crippen LogP contribution in [0.15, 0.2) is 18.3 Å². The topological polar surface area (TPSA) is 41.8 Å².